The molecule has 1 aliphatic rings. The molecule has 0 heterocycles. The number of nitrogens with one attached hydrogen (secondary N) is 1. The molecule has 0 unspecified atom stereocenters. The first-order valence-corrected chi connectivity index (χ1v) is 7.57. The van der Waals surface area contributed by atoms with E-state index >= 15 is 0 Å². The number of ether oxygens (including phenoxy) is 1. The topological polar surface area (TPSA) is 64.4 Å². The van der Waals surface area contributed by atoms with Crippen LogP contribution in [0.1, 0.15) is 48.0 Å². The normalized spacial score (nSPS) is 16.0. The van der Waals surface area contributed by atoms with Gasteiger partial charge in [0.15, 0.2) is 0 Å². The molecule has 2 rings (SSSR count). The summed E-state index contributed by atoms with van der Waals surface area (Å²) in [5.74, 6) is -1.03. The van der Waals surface area contributed by atoms with E-state index in [1.165, 1.54) is 25.3 Å². The van der Waals surface area contributed by atoms with E-state index in [4.69, 9.17) is 10.5 Å². The second kappa shape index (κ2) is 8.10. The Morgan fingerprint density at radius 1 is 1.33 bits per heavy atom. The van der Waals surface area contributed by atoms with Gasteiger partial charge in [-0.15, -0.1) is 0 Å². The zero-order valence-corrected chi connectivity index (χ0v) is 12.2. The number of carbonyl (C=O) groups is 1. The molecule has 0 aromatic heterocycles. The zero-order chi connectivity index (χ0) is 15.1. The van der Waals surface area contributed by atoms with E-state index in [1.54, 1.807) is 12.1 Å². The lowest BCUT2D eigenvalue weighted by molar-refractivity contribution is 0.0302. The maximum atomic E-state index is 13.7. The molecule has 0 aliphatic heterocycles. The highest BCUT2D eigenvalue weighted by atomic mass is 19.1. The molecule has 0 bridgehead atoms. The molecule has 0 atom stereocenters. The molecule has 1 aromatic rings. The number of carbonyl (C=O) groups excluding carboxylic acids is 1. The van der Waals surface area contributed by atoms with Gasteiger partial charge in [0.1, 0.15) is 5.82 Å². The summed E-state index contributed by atoms with van der Waals surface area (Å²) in [6.07, 6.45) is 6.54. The fourth-order valence-corrected chi connectivity index (χ4v) is 2.60. The fourth-order valence-electron chi connectivity index (χ4n) is 2.60. The maximum Gasteiger partial charge on any atom is 0.248 e. The second-order valence-electron chi connectivity index (χ2n) is 5.48. The van der Waals surface area contributed by atoms with Gasteiger partial charge in [-0.25, -0.2) is 4.39 Å². The molecule has 0 spiro atoms. The highest BCUT2D eigenvalue weighted by molar-refractivity contribution is 5.92. The summed E-state index contributed by atoms with van der Waals surface area (Å²) in [6.45, 7) is 1.75. The Morgan fingerprint density at radius 3 is 2.76 bits per heavy atom. The zero-order valence-electron chi connectivity index (χ0n) is 12.2. The third kappa shape index (κ3) is 5.10. The number of rotatable bonds is 7. The quantitative estimate of drug-likeness (QED) is 0.759. The van der Waals surface area contributed by atoms with Crippen LogP contribution < -0.4 is 11.1 Å². The smallest absolute Gasteiger partial charge is 0.248 e. The molecule has 4 nitrogen and oxygen atoms in total. The van der Waals surface area contributed by atoms with Gasteiger partial charge in [-0.1, -0.05) is 25.3 Å². The molecule has 5 heteroatoms. The molecule has 21 heavy (non-hydrogen) atoms. The number of halogens is 1. The molecule has 1 aliphatic carbocycles. The van der Waals surface area contributed by atoms with E-state index in [1.807, 2.05) is 0 Å². The summed E-state index contributed by atoms with van der Waals surface area (Å²) in [5, 5.41) is 3.15. The molecule has 1 fully saturated rings. The van der Waals surface area contributed by atoms with Crippen molar-refractivity contribution < 1.29 is 13.9 Å². The van der Waals surface area contributed by atoms with Gasteiger partial charge < -0.3 is 15.8 Å². The molecule has 1 aromatic carbocycles. The first kappa shape index (κ1) is 15.9. The van der Waals surface area contributed by atoms with Crippen molar-refractivity contribution in [3.8, 4) is 0 Å². The average Bonchev–Trinajstić information content (AvgIpc) is 2.49. The molecule has 116 valence electrons. The summed E-state index contributed by atoms with van der Waals surface area (Å²) in [5.41, 5.74) is 5.82. The maximum absolute atomic E-state index is 13.7. The highest BCUT2D eigenvalue weighted by Gasteiger charge is 2.13. The Kier molecular flexibility index (Phi) is 6.14. The minimum atomic E-state index is -0.616. The molecular formula is C16H23FN2O2. The molecular weight excluding hydrogens is 271 g/mol. The Labute approximate surface area is 124 Å². The van der Waals surface area contributed by atoms with Gasteiger partial charge >= 0.3 is 0 Å². The van der Waals surface area contributed by atoms with Crippen LogP contribution in [0.15, 0.2) is 18.2 Å². The first-order valence-electron chi connectivity index (χ1n) is 7.57. The van der Waals surface area contributed by atoms with E-state index < -0.39 is 11.7 Å². The lowest BCUT2D eigenvalue weighted by atomic mass is 9.98. The Hall–Kier alpha value is -1.46. The Balaban J connectivity index is 1.67. The van der Waals surface area contributed by atoms with Gasteiger partial charge in [-0.3, -0.25) is 4.79 Å². The predicted molar refractivity (Wildman–Crippen MR) is 79.4 cm³/mol. The summed E-state index contributed by atoms with van der Waals surface area (Å²) in [4.78, 5) is 10.9. The van der Waals surface area contributed by atoms with E-state index in [-0.39, 0.29) is 5.56 Å². The summed E-state index contributed by atoms with van der Waals surface area (Å²) in [7, 11) is 0. The standard InChI is InChI=1S/C16H23FN2O2/c17-15-10-12(16(18)20)6-7-13(15)11-19-8-9-21-14-4-2-1-3-5-14/h6-7,10,14,19H,1-5,8-9,11H2,(H2,18,20). The van der Waals surface area contributed by atoms with Crippen LogP contribution in [0.4, 0.5) is 4.39 Å². The van der Waals surface area contributed by atoms with Gasteiger partial charge in [0.05, 0.1) is 12.7 Å². The number of nitrogens with two attached hydrogens (primary N) is 1. The van der Waals surface area contributed by atoms with Crippen LogP contribution in [-0.4, -0.2) is 25.2 Å². The summed E-state index contributed by atoms with van der Waals surface area (Å²) in [6, 6.07) is 4.31. The van der Waals surface area contributed by atoms with Crippen LogP contribution in [-0.2, 0) is 11.3 Å². The van der Waals surface area contributed by atoms with Crippen molar-refractivity contribution in [2.75, 3.05) is 13.2 Å². The molecule has 1 amide bonds. The van der Waals surface area contributed by atoms with Crippen molar-refractivity contribution in [3.05, 3.63) is 35.1 Å². The van der Waals surface area contributed by atoms with Crippen LogP contribution in [0.2, 0.25) is 0 Å². The number of hydrogen-bond acceptors (Lipinski definition) is 3. The SMILES string of the molecule is NC(=O)c1ccc(CNCCOC2CCCCC2)c(F)c1. The molecule has 3 N–H and O–H groups in total. The minimum Gasteiger partial charge on any atom is -0.377 e. The average molecular weight is 294 g/mol. The van der Waals surface area contributed by atoms with Crippen molar-refractivity contribution in [1.29, 1.82) is 0 Å². The van der Waals surface area contributed by atoms with Gasteiger partial charge in [-0.2, -0.15) is 0 Å². The number of amides is 1. The van der Waals surface area contributed by atoms with Gasteiger partial charge in [0.25, 0.3) is 0 Å². The molecule has 0 saturated heterocycles. The van der Waals surface area contributed by atoms with Gasteiger partial charge in [0.2, 0.25) is 5.91 Å². The Bertz CT molecular complexity index is 473. The van der Waals surface area contributed by atoms with E-state index in [0.29, 0.717) is 31.4 Å². The third-order valence-electron chi connectivity index (χ3n) is 3.84. The van der Waals surface area contributed by atoms with Gasteiger partial charge in [-0.05, 0) is 25.0 Å². The fraction of sp³-hybridized carbons (Fsp3) is 0.562. The summed E-state index contributed by atoms with van der Waals surface area (Å²) >= 11 is 0. The lowest BCUT2D eigenvalue weighted by Gasteiger charge is -2.22. The van der Waals surface area contributed by atoms with Crippen molar-refractivity contribution >= 4 is 5.91 Å². The second-order valence-corrected chi connectivity index (χ2v) is 5.48. The monoisotopic (exact) mass is 294 g/mol. The van der Waals surface area contributed by atoms with Gasteiger partial charge in [0, 0.05) is 24.2 Å². The van der Waals surface area contributed by atoms with Crippen LogP contribution in [0, 0.1) is 5.82 Å². The minimum absolute atomic E-state index is 0.192. The van der Waals surface area contributed by atoms with Crippen LogP contribution in [0.3, 0.4) is 0 Å². The molecule has 1 saturated carbocycles. The number of primary amides is 1. The number of hydrogen-bond donors (Lipinski definition) is 2. The van der Waals surface area contributed by atoms with E-state index in [0.717, 1.165) is 12.8 Å². The van der Waals surface area contributed by atoms with E-state index in [2.05, 4.69) is 5.32 Å². The summed E-state index contributed by atoms with van der Waals surface area (Å²) < 4.78 is 19.5. The molecule has 0 radical (unpaired) electrons. The number of benzene rings is 1. The first-order chi connectivity index (χ1) is 10.2. The van der Waals surface area contributed by atoms with Crippen molar-refractivity contribution in [3.63, 3.8) is 0 Å². The third-order valence-corrected chi connectivity index (χ3v) is 3.84. The van der Waals surface area contributed by atoms with Crippen LogP contribution in [0.5, 0.6) is 0 Å². The van der Waals surface area contributed by atoms with Crippen molar-refractivity contribution in [1.82, 2.24) is 5.32 Å². The Morgan fingerprint density at radius 2 is 2.10 bits per heavy atom. The van der Waals surface area contributed by atoms with Crippen LogP contribution >= 0.6 is 0 Å². The van der Waals surface area contributed by atoms with Crippen molar-refractivity contribution in [2.24, 2.45) is 5.73 Å². The van der Waals surface area contributed by atoms with Crippen LogP contribution in [0.25, 0.3) is 0 Å². The lowest BCUT2D eigenvalue weighted by Crippen LogP contribution is -2.24. The predicted octanol–water partition coefficient (Wildman–Crippen LogP) is 2.36. The van der Waals surface area contributed by atoms with E-state index in [9.17, 15) is 9.18 Å². The largest absolute Gasteiger partial charge is 0.377 e. The highest BCUT2D eigenvalue weighted by Crippen LogP contribution is 2.19. The van der Waals surface area contributed by atoms with Crippen molar-refractivity contribution in [2.45, 2.75) is 44.8 Å².